The van der Waals surface area contributed by atoms with Gasteiger partial charge in [0.1, 0.15) is 6.61 Å². The molecule has 0 bridgehead atoms. The number of rotatable bonds is 6. The fourth-order valence-corrected chi connectivity index (χ4v) is 2.33. The molecular weight excluding hydrogens is 190 g/mol. The average Bonchev–Trinajstić information content (AvgIpc) is 2.29. The van der Waals surface area contributed by atoms with E-state index < -0.39 is 0 Å². The van der Waals surface area contributed by atoms with Gasteiger partial charge in [-0.3, -0.25) is 4.79 Å². The van der Waals surface area contributed by atoms with Gasteiger partial charge in [0.25, 0.3) is 0 Å². The molecular formula is C12H23NO2. The van der Waals surface area contributed by atoms with Crippen LogP contribution in [0.2, 0.25) is 0 Å². The van der Waals surface area contributed by atoms with Crippen LogP contribution in [0.15, 0.2) is 0 Å². The predicted molar refractivity (Wildman–Crippen MR) is 60.6 cm³/mol. The number of carbonyl (C=O) groups excluding carboxylic acids is 1. The van der Waals surface area contributed by atoms with Gasteiger partial charge in [0.2, 0.25) is 0 Å². The molecule has 1 fully saturated rings. The average molecular weight is 213 g/mol. The summed E-state index contributed by atoms with van der Waals surface area (Å²) in [6.07, 6.45) is 5.83. The minimum absolute atomic E-state index is 0.251. The maximum atomic E-state index is 11.8. The molecule has 0 amide bonds. The fourth-order valence-electron chi connectivity index (χ4n) is 2.33. The number of ketones is 1. The molecule has 2 atom stereocenters. The lowest BCUT2D eigenvalue weighted by atomic mass is 9.78. The summed E-state index contributed by atoms with van der Waals surface area (Å²) in [6.45, 7) is 3.46. The SMILES string of the molecule is CCC1CCCC(C(=O)COCCN)C1. The van der Waals surface area contributed by atoms with Crippen molar-refractivity contribution in [2.24, 2.45) is 17.6 Å². The molecule has 15 heavy (non-hydrogen) atoms. The van der Waals surface area contributed by atoms with E-state index in [9.17, 15) is 4.79 Å². The normalized spacial score (nSPS) is 26.5. The Kier molecular flexibility index (Phi) is 5.88. The highest BCUT2D eigenvalue weighted by atomic mass is 16.5. The van der Waals surface area contributed by atoms with E-state index >= 15 is 0 Å². The molecule has 0 radical (unpaired) electrons. The molecule has 1 aliphatic rings. The highest BCUT2D eigenvalue weighted by Crippen LogP contribution is 2.31. The zero-order chi connectivity index (χ0) is 11.1. The Labute approximate surface area is 92.4 Å². The van der Waals surface area contributed by atoms with Crippen LogP contribution in [0.1, 0.15) is 39.0 Å². The Morgan fingerprint density at radius 1 is 1.47 bits per heavy atom. The van der Waals surface area contributed by atoms with Crippen LogP contribution in [0.3, 0.4) is 0 Å². The molecule has 3 heteroatoms. The first-order chi connectivity index (χ1) is 7.27. The minimum atomic E-state index is 0.251. The standard InChI is InChI=1S/C12H23NO2/c1-2-10-4-3-5-11(8-10)12(14)9-15-7-6-13/h10-11H,2-9,13H2,1H3. The molecule has 0 aromatic carbocycles. The van der Waals surface area contributed by atoms with Crippen molar-refractivity contribution in [1.29, 1.82) is 0 Å². The number of carbonyl (C=O) groups is 1. The van der Waals surface area contributed by atoms with Crippen LogP contribution in [0.25, 0.3) is 0 Å². The van der Waals surface area contributed by atoms with E-state index in [1.54, 1.807) is 0 Å². The van der Waals surface area contributed by atoms with Crippen LogP contribution < -0.4 is 5.73 Å². The van der Waals surface area contributed by atoms with Crippen LogP contribution in [0.5, 0.6) is 0 Å². The third kappa shape index (κ3) is 4.31. The second-order valence-corrected chi connectivity index (χ2v) is 4.45. The van der Waals surface area contributed by atoms with Crippen LogP contribution in [-0.2, 0) is 9.53 Å². The Balaban J connectivity index is 2.25. The quantitative estimate of drug-likeness (QED) is 0.684. The number of ether oxygens (including phenoxy) is 1. The van der Waals surface area contributed by atoms with Crippen LogP contribution in [0.4, 0.5) is 0 Å². The molecule has 0 saturated heterocycles. The van der Waals surface area contributed by atoms with Gasteiger partial charge in [-0.15, -0.1) is 0 Å². The van der Waals surface area contributed by atoms with Gasteiger partial charge in [0.15, 0.2) is 5.78 Å². The van der Waals surface area contributed by atoms with Crippen molar-refractivity contribution < 1.29 is 9.53 Å². The van der Waals surface area contributed by atoms with Crippen molar-refractivity contribution in [3.8, 4) is 0 Å². The molecule has 0 aromatic heterocycles. The monoisotopic (exact) mass is 213 g/mol. The Morgan fingerprint density at radius 3 is 2.93 bits per heavy atom. The fraction of sp³-hybridized carbons (Fsp3) is 0.917. The summed E-state index contributed by atoms with van der Waals surface area (Å²) < 4.78 is 5.19. The first kappa shape index (κ1) is 12.7. The highest BCUT2D eigenvalue weighted by Gasteiger charge is 2.25. The molecule has 0 aromatic rings. The van der Waals surface area contributed by atoms with Gasteiger partial charge >= 0.3 is 0 Å². The van der Waals surface area contributed by atoms with Crippen molar-refractivity contribution in [3.05, 3.63) is 0 Å². The Hall–Kier alpha value is -0.410. The Bertz CT molecular complexity index is 194. The third-order valence-corrected chi connectivity index (χ3v) is 3.32. The lowest BCUT2D eigenvalue weighted by molar-refractivity contribution is -0.128. The van der Waals surface area contributed by atoms with Gasteiger partial charge in [-0.2, -0.15) is 0 Å². The molecule has 2 N–H and O–H groups in total. The molecule has 0 heterocycles. The maximum absolute atomic E-state index is 11.8. The lowest BCUT2D eigenvalue weighted by Gasteiger charge is -2.27. The van der Waals surface area contributed by atoms with E-state index in [1.807, 2.05) is 0 Å². The van der Waals surface area contributed by atoms with E-state index in [2.05, 4.69) is 6.92 Å². The van der Waals surface area contributed by atoms with Crippen molar-refractivity contribution in [1.82, 2.24) is 0 Å². The van der Waals surface area contributed by atoms with Gasteiger partial charge in [-0.1, -0.05) is 26.2 Å². The summed E-state index contributed by atoms with van der Waals surface area (Å²) in [6, 6.07) is 0. The molecule has 1 rings (SSSR count). The summed E-state index contributed by atoms with van der Waals surface area (Å²) in [5.41, 5.74) is 5.30. The largest absolute Gasteiger partial charge is 0.372 e. The third-order valence-electron chi connectivity index (χ3n) is 3.32. The summed E-state index contributed by atoms with van der Waals surface area (Å²) in [4.78, 5) is 11.8. The van der Waals surface area contributed by atoms with Crippen LogP contribution in [0, 0.1) is 11.8 Å². The summed E-state index contributed by atoms with van der Waals surface area (Å²) in [5, 5.41) is 0. The van der Waals surface area contributed by atoms with E-state index in [-0.39, 0.29) is 18.3 Å². The van der Waals surface area contributed by atoms with Crippen molar-refractivity contribution in [2.75, 3.05) is 19.8 Å². The highest BCUT2D eigenvalue weighted by molar-refractivity contribution is 5.82. The van der Waals surface area contributed by atoms with Gasteiger partial charge < -0.3 is 10.5 Å². The van der Waals surface area contributed by atoms with E-state index in [0.717, 1.165) is 18.8 Å². The topological polar surface area (TPSA) is 52.3 Å². The smallest absolute Gasteiger partial charge is 0.161 e. The number of nitrogens with two attached hydrogens (primary N) is 1. The van der Waals surface area contributed by atoms with Crippen LogP contribution in [-0.4, -0.2) is 25.5 Å². The lowest BCUT2D eigenvalue weighted by Crippen LogP contribution is -2.26. The zero-order valence-corrected chi connectivity index (χ0v) is 9.71. The number of Topliss-reactive ketones (excluding diaryl/α,β-unsaturated/α-hetero) is 1. The molecule has 88 valence electrons. The van der Waals surface area contributed by atoms with Gasteiger partial charge in [0, 0.05) is 12.5 Å². The second kappa shape index (κ2) is 6.96. The molecule has 1 saturated carbocycles. The molecule has 3 nitrogen and oxygen atoms in total. The van der Waals surface area contributed by atoms with Crippen LogP contribution >= 0.6 is 0 Å². The van der Waals surface area contributed by atoms with E-state index in [0.29, 0.717) is 13.2 Å². The second-order valence-electron chi connectivity index (χ2n) is 4.45. The van der Waals surface area contributed by atoms with Crippen molar-refractivity contribution in [3.63, 3.8) is 0 Å². The van der Waals surface area contributed by atoms with Gasteiger partial charge in [-0.05, 0) is 18.8 Å². The summed E-state index contributed by atoms with van der Waals surface area (Å²) in [5.74, 6) is 1.28. The van der Waals surface area contributed by atoms with Crippen molar-refractivity contribution >= 4 is 5.78 Å². The van der Waals surface area contributed by atoms with E-state index in [4.69, 9.17) is 10.5 Å². The zero-order valence-electron chi connectivity index (χ0n) is 9.71. The van der Waals surface area contributed by atoms with Gasteiger partial charge in [-0.25, -0.2) is 0 Å². The minimum Gasteiger partial charge on any atom is -0.372 e. The predicted octanol–water partition coefficient (Wildman–Crippen LogP) is 1.75. The maximum Gasteiger partial charge on any atom is 0.161 e. The molecule has 0 spiro atoms. The van der Waals surface area contributed by atoms with Gasteiger partial charge in [0.05, 0.1) is 6.61 Å². The van der Waals surface area contributed by atoms with E-state index in [1.165, 1.54) is 19.3 Å². The first-order valence-electron chi connectivity index (χ1n) is 6.08. The number of hydrogen-bond donors (Lipinski definition) is 1. The van der Waals surface area contributed by atoms with Crippen molar-refractivity contribution in [2.45, 2.75) is 39.0 Å². The molecule has 2 unspecified atom stereocenters. The molecule has 1 aliphatic carbocycles. The number of hydrogen-bond acceptors (Lipinski definition) is 3. The summed E-state index contributed by atoms with van der Waals surface area (Å²) >= 11 is 0. The summed E-state index contributed by atoms with van der Waals surface area (Å²) in [7, 11) is 0. The molecule has 0 aliphatic heterocycles. The first-order valence-corrected chi connectivity index (χ1v) is 6.08. The Morgan fingerprint density at radius 2 is 2.27 bits per heavy atom.